The number of ether oxygens (including phenoxy) is 6. The fourth-order valence-electron chi connectivity index (χ4n) is 10.4. The zero-order valence-corrected chi connectivity index (χ0v) is 48.6. The van der Waals surface area contributed by atoms with Crippen LogP contribution in [0.4, 0.5) is 20.4 Å². The van der Waals surface area contributed by atoms with Gasteiger partial charge in [-0.2, -0.15) is 0 Å². The van der Waals surface area contributed by atoms with Crippen LogP contribution in [-0.4, -0.2) is 208 Å². The molecule has 0 aromatic carbocycles. The SMILES string of the molecule is C1CCC(N=C(NC2CCCCC2)N2CCOCC2)CC1.CC(=O)Nc1ncnc2c1ncn2[C@@H]1O[C@H](COP(=O)(O)N2CCOCC2)[C@H](F)C1OC(C)=O.CC(=O)Nc1ncnc2c1ncn2[C@@H]1O[C@H](COP(=O)(O)O)[C@H](F)C1OC(C)=O. The van der Waals surface area contributed by atoms with Gasteiger partial charge in [0.2, 0.25) is 11.8 Å². The summed E-state index contributed by atoms with van der Waals surface area (Å²) in [6.45, 7) is 8.02. The van der Waals surface area contributed by atoms with Crippen LogP contribution in [0.5, 0.6) is 0 Å². The van der Waals surface area contributed by atoms with Crippen molar-refractivity contribution in [2.45, 2.75) is 153 Å². The molecule has 6 fully saturated rings. The number of amides is 2. The number of morpholine rings is 2. The van der Waals surface area contributed by atoms with Crippen molar-refractivity contribution in [3.63, 3.8) is 0 Å². The summed E-state index contributed by atoms with van der Waals surface area (Å²) in [4.78, 5) is 106. The van der Waals surface area contributed by atoms with Gasteiger partial charge in [-0.1, -0.05) is 38.5 Å². The maximum atomic E-state index is 15.3. The van der Waals surface area contributed by atoms with Gasteiger partial charge in [-0.3, -0.25) is 37.4 Å². The van der Waals surface area contributed by atoms with E-state index >= 15 is 4.39 Å². The van der Waals surface area contributed by atoms with Crippen LogP contribution in [0, 0.1) is 0 Å². The molecule has 0 radical (unpaired) electrons. The van der Waals surface area contributed by atoms with E-state index in [1.807, 2.05) is 0 Å². The molecule has 4 saturated heterocycles. The molecule has 35 heteroatoms. The van der Waals surface area contributed by atoms with Crippen LogP contribution in [0.15, 0.2) is 30.3 Å². The lowest BCUT2D eigenvalue weighted by Gasteiger charge is -2.34. The van der Waals surface area contributed by atoms with Gasteiger partial charge in [0.1, 0.15) is 24.9 Å². The monoisotopic (exact) mass is 1230 g/mol. The summed E-state index contributed by atoms with van der Waals surface area (Å²) in [7, 11) is -9.08. The summed E-state index contributed by atoms with van der Waals surface area (Å²) in [5, 5.41) is 8.79. The van der Waals surface area contributed by atoms with E-state index in [4.69, 9.17) is 47.7 Å². The highest BCUT2D eigenvalue weighted by Gasteiger charge is 2.51. The van der Waals surface area contributed by atoms with Crippen LogP contribution in [0.1, 0.15) is 104 Å². The fourth-order valence-corrected chi connectivity index (χ4v) is 11.9. The number of fused-ring (bicyclic) bond motifs is 2. The van der Waals surface area contributed by atoms with Gasteiger partial charge in [0.25, 0.3) is 0 Å². The largest absolute Gasteiger partial charge is 0.469 e. The highest BCUT2D eigenvalue weighted by molar-refractivity contribution is 7.50. The number of phosphoric acid groups is 1. The summed E-state index contributed by atoms with van der Waals surface area (Å²) >= 11 is 0. The minimum Gasteiger partial charge on any atom is -0.454 e. The summed E-state index contributed by atoms with van der Waals surface area (Å²) in [5.74, 6) is -0.880. The number of nitrogens with zero attached hydrogens (tertiary/aromatic N) is 11. The van der Waals surface area contributed by atoms with Crippen LogP contribution >= 0.6 is 15.6 Å². The molecule has 10 rings (SSSR count). The molecule has 4 aromatic heterocycles. The molecule has 0 spiro atoms. The first-order valence-corrected chi connectivity index (χ1v) is 30.7. The van der Waals surface area contributed by atoms with Gasteiger partial charge in [0.15, 0.2) is 76.9 Å². The van der Waals surface area contributed by atoms with Crippen LogP contribution in [0.25, 0.3) is 22.3 Å². The standard InChI is InChI=1S/C18H24FN6O8P.C17H31N3O.C14H17FN5O8P/c1-10(26)23-16-14-17(21-8-20-16)25(9-22-14)18-15(32-11(2)27)13(19)12(33-18)7-31-34(28,29)24-3-5-30-6-4-24;1-3-7-15(8-4-1)18-17(20-11-13-21-14-12-20)19-16-9-5-2-6-10-16;1-6(21)19-12-10-13(17-4-16-12)20(5-18-10)14-11(27-7(2)22)9(15)8(28-14)3-26-29(23,24)25/h8-9,12-13,15,18H,3-7H2,1-2H3,(H,28,29)(H,20,21,23,26);15-16H,1-14H2,(H,18,19);4-5,8-9,11,14H,3H2,1-2H3,(H2,23,24,25)(H,16,17,19,21)/t12-,13+,15?,18-;;8-,9+,11?,14-/m1.1/s1. The number of carbonyl (C=O) groups excluding carboxylic acids is 4. The second-order valence-electron chi connectivity index (χ2n) is 20.6. The molecule has 2 aliphatic carbocycles. The molecule has 2 saturated carbocycles. The second kappa shape index (κ2) is 29.5. The molecule has 2 amide bonds. The molecule has 464 valence electrons. The average Bonchev–Trinajstić information content (AvgIpc) is 4.42. The first-order chi connectivity index (χ1) is 40.1. The summed E-state index contributed by atoms with van der Waals surface area (Å²) in [5.41, 5.74) is 0.730. The number of rotatable bonds is 15. The molecule has 31 nitrogen and oxygen atoms in total. The quantitative estimate of drug-likeness (QED) is 0.0430. The van der Waals surface area contributed by atoms with Gasteiger partial charge in [-0.05, 0) is 25.7 Å². The molecule has 9 atom stereocenters. The fraction of sp³-hybridized carbons (Fsp3) is 0.694. The van der Waals surface area contributed by atoms with Crippen molar-refractivity contribution in [3.05, 3.63) is 25.3 Å². The Bertz CT molecular complexity index is 3010. The number of guanidine groups is 1. The Balaban J connectivity index is 0.000000169. The molecule has 3 unspecified atom stereocenters. The highest BCUT2D eigenvalue weighted by atomic mass is 31.2. The molecule has 84 heavy (non-hydrogen) atoms. The van der Waals surface area contributed by atoms with Gasteiger partial charge in [-0.25, -0.2) is 57.5 Å². The summed E-state index contributed by atoms with van der Waals surface area (Å²) in [6.07, 6.45) is 6.33. The molecule has 4 aliphatic heterocycles. The number of aliphatic imine (C=N–C) groups is 1. The molecule has 0 bridgehead atoms. The molecule has 8 heterocycles. The van der Waals surface area contributed by atoms with E-state index in [1.165, 1.54) is 117 Å². The Morgan fingerprint density at radius 3 is 1.55 bits per heavy atom. The van der Waals surface area contributed by atoms with E-state index in [2.05, 4.69) is 55.3 Å². The number of anilines is 2. The lowest BCUT2D eigenvalue weighted by Crippen LogP contribution is -2.51. The third kappa shape index (κ3) is 17.2. The number of nitrogens with one attached hydrogen (secondary N) is 3. The predicted molar refractivity (Wildman–Crippen MR) is 291 cm³/mol. The van der Waals surface area contributed by atoms with Crippen LogP contribution in [-0.2, 0) is 65.8 Å². The van der Waals surface area contributed by atoms with Gasteiger partial charge in [0.05, 0.1) is 58.3 Å². The van der Waals surface area contributed by atoms with Crippen molar-refractivity contribution in [3.8, 4) is 0 Å². The van der Waals surface area contributed by atoms with E-state index in [-0.39, 0.29) is 66.2 Å². The number of halogens is 2. The van der Waals surface area contributed by atoms with Crippen LogP contribution in [0.3, 0.4) is 0 Å². The summed E-state index contributed by atoms with van der Waals surface area (Å²) in [6, 6.07) is 1.19. The minimum absolute atomic E-state index is 0.112. The first-order valence-electron chi connectivity index (χ1n) is 27.7. The molecule has 4 aromatic rings. The normalized spacial score (nSPS) is 26.3. The predicted octanol–water partition coefficient (Wildman–Crippen LogP) is 3.39. The van der Waals surface area contributed by atoms with Crippen molar-refractivity contribution in [2.75, 3.05) is 76.5 Å². The van der Waals surface area contributed by atoms with E-state index < -0.39 is 95.8 Å². The van der Waals surface area contributed by atoms with Gasteiger partial charge >= 0.3 is 27.5 Å². The zero-order valence-electron chi connectivity index (χ0n) is 46.9. The van der Waals surface area contributed by atoms with E-state index in [9.17, 15) is 37.6 Å². The van der Waals surface area contributed by atoms with Crippen LogP contribution in [0.2, 0.25) is 0 Å². The third-order valence-corrected chi connectivity index (χ3v) is 16.4. The number of phosphoric ester groups is 1. The van der Waals surface area contributed by atoms with Crippen molar-refractivity contribution < 1.29 is 89.2 Å². The number of imidazole rings is 2. The van der Waals surface area contributed by atoms with Crippen LogP contribution < -0.4 is 16.0 Å². The Hall–Kier alpha value is -5.83. The Labute approximate surface area is 481 Å². The number of hydrogen-bond acceptors (Lipinski definition) is 21. The maximum absolute atomic E-state index is 15.3. The van der Waals surface area contributed by atoms with E-state index in [1.54, 1.807) is 0 Å². The van der Waals surface area contributed by atoms with Gasteiger partial charge in [0, 0.05) is 59.9 Å². The first kappa shape index (κ1) is 64.2. The number of carbonyl (C=O) groups is 4. The Kier molecular flexibility index (Phi) is 22.5. The van der Waals surface area contributed by atoms with Crippen molar-refractivity contribution in [1.82, 2.24) is 53.9 Å². The molecule has 6 N–H and O–H groups in total. The second-order valence-corrected chi connectivity index (χ2v) is 23.6. The summed E-state index contributed by atoms with van der Waals surface area (Å²) < 4.78 is 99.1. The number of hydrogen-bond donors (Lipinski definition) is 6. The molecular formula is C49H72F2N14O17P2. The topological polar surface area (TPSA) is 379 Å². The third-order valence-electron chi connectivity index (χ3n) is 14.3. The maximum Gasteiger partial charge on any atom is 0.469 e. The minimum atomic E-state index is -4.87. The Morgan fingerprint density at radius 1 is 0.643 bits per heavy atom. The van der Waals surface area contributed by atoms with Crippen molar-refractivity contribution in [2.24, 2.45) is 4.99 Å². The lowest BCUT2D eigenvalue weighted by molar-refractivity contribution is -0.154. The molecular weight excluding hydrogens is 1160 g/mol. The van der Waals surface area contributed by atoms with E-state index in [0.29, 0.717) is 12.1 Å². The average molecular weight is 1230 g/mol. The van der Waals surface area contributed by atoms with Gasteiger partial charge < -0.3 is 64.0 Å². The highest BCUT2D eigenvalue weighted by Crippen LogP contribution is 2.48. The van der Waals surface area contributed by atoms with E-state index in [0.717, 1.165) is 46.5 Å². The van der Waals surface area contributed by atoms with Gasteiger partial charge in [-0.15, -0.1) is 0 Å². The smallest absolute Gasteiger partial charge is 0.454 e. The number of alkyl halides is 2. The molecule has 6 aliphatic rings. The van der Waals surface area contributed by atoms with Crippen molar-refractivity contribution in [1.29, 1.82) is 0 Å². The zero-order chi connectivity index (χ0) is 60.1. The van der Waals surface area contributed by atoms with Crippen molar-refractivity contribution >= 4 is 79.2 Å². The lowest BCUT2D eigenvalue weighted by atomic mass is 9.95. The Morgan fingerprint density at radius 2 is 1.10 bits per heavy atom. The number of esters is 2. The number of aromatic nitrogens is 8.